The molecule has 2 rings (SSSR count). The lowest BCUT2D eigenvalue weighted by Gasteiger charge is -2.39. The van der Waals surface area contributed by atoms with E-state index < -0.39 is 5.60 Å². The molecule has 0 aliphatic heterocycles. The lowest BCUT2D eigenvalue weighted by Crippen LogP contribution is -2.47. The molecule has 198 valence electrons. The third kappa shape index (κ3) is 6.18. The monoisotopic (exact) mass is 495 g/mol. The van der Waals surface area contributed by atoms with Crippen molar-refractivity contribution in [2.75, 3.05) is 13.2 Å². The first-order valence-corrected chi connectivity index (χ1v) is 13.1. The Kier molecular flexibility index (Phi) is 9.52. The van der Waals surface area contributed by atoms with E-state index in [1.807, 2.05) is 59.7 Å². The van der Waals surface area contributed by atoms with Gasteiger partial charge in [0.25, 0.3) is 5.91 Å². The summed E-state index contributed by atoms with van der Waals surface area (Å²) in [6.07, 6.45) is 2.42. The molecule has 5 heteroatoms. The largest absolute Gasteiger partial charge is 0.490 e. The van der Waals surface area contributed by atoms with Gasteiger partial charge in [0.05, 0.1) is 6.54 Å². The lowest BCUT2D eigenvalue weighted by atomic mass is 9.70. The third-order valence-corrected chi connectivity index (χ3v) is 7.90. The van der Waals surface area contributed by atoms with Crippen LogP contribution in [0.5, 0.6) is 5.75 Å². The van der Waals surface area contributed by atoms with Gasteiger partial charge in [0, 0.05) is 11.0 Å². The van der Waals surface area contributed by atoms with E-state index in [1.165, 1.54) is 12.5 Å². The zero-order chi connectivity index (χ0) is 27.3. The number of hydrogen-bond acceptors (Lipinski definition) is 4. The molecule has 0 aromatic heterocycles. The summed E-state index contributed by atoms with van der Waals surface area (Å²) >= 11 is 0. The predicted octanol–water partition coefficient (Wildman–Crippen LogP) is 6.29. The first-order valence-electron chi connectivity index (χ1n) is 13.1. The van der Waals surface area contributed by atoms with Gasteiger partial charge in [-0.3, -0.25) is 9.59 Å². The number of Topliss-reactive ketones (excluding diaryl/α,β-unsaturated/α-hetero) is 1. The third-order valence-electron chi connectivity index (χ3n) is 7.90. The van der Waals surface area contributed by atoms with Crippen LogP contribution < -0.4 is 10.1 Å². The van der Waals surface area contributed by atoms with Crippen molar-refractivity contribution in [1.29, 1.82) is 0 Å². The first kappa shape index (κ1) is 29.6. The Labute approximate surface area is 217 Å². The first-order chi connectivity index (χ1) is 16.7. The number of benzene rings is 2. The van der Waals surface area contributed by atoms with Crippen LogP contribution in [0.2, 0.25) is 0 Å². The molecule has 0 bridgehead atoms. The zero-order valence-electron chi connectivity index (χ0n) is 23.7. The van der Waals surface area contributed by atoms with Gasteiger partial charge in [-0.1, -0.05) is 65.8 Å². The maximum absolute atomic E-state index is 12.5. The van der Waals surface area contributed by atoms with Gasteiger partial charge in [-0.05, 0) is 79.8 Å². The van der Waals surface area contributed by atoms with Crippen LogP contribution in [0, 0.1) is 19.3 Å². The molecule has 0 saturated carbocycles. The summed E-state index contributed by atoms with van der Waals surface area (Å²) in [5.41, 5.74) is 3.45. The minimum Gasteiger partial charge on any atom is -0.490 e. The van der Waals surface area contributed by atoms with Crippen LogP contribution in [0.4, 0.5) is 0 Å². The number of carbonyl (C=O) groups is 2. The summed E-state index contributed by atoms with van der Waals surface area (Å²) in [4.78, 5) is 23.8. The van der Waals surface area contributed by atoms with Crippen LogP contribution in [0.1, 0.15) is 100 Å². The number of ether oxygens (including phenoxy) is 1. The molecule has 0 heterocycles. The van der Waals surface area contributed by atoms with Gasteiger partial charge in [0.1, 0.15) is 23.7 Å². The van der Waals surface area contributed by atoms with Crippen molar-refractivity contribution in [3.05, 3.63) is 64.2 Å². The molecule has 0 spiro atoms. The summed E-state index contributed by atoms with van der Waals surface area (Å²) in [7, 11) is 0. The predicted molar refractivity (Wildman–Crippen MR) is 147 cm³/mol. The minimum absolute atomic E-state index is 0.0347. The van der Waals surface area contributed by atoms with Crippen molar-refractivity contribution < 1.29 is 19.4 Å². The van der Waals surface area contributed by atoms with E-state index >= 15 is 0 Å². The highest BCUT2D eigenvalue weighted by Gasteiger charge is 2.39. The Balaban J connectivity index is 2.38. The molecule has 0 aliphatic carbocycles. The van der Waals surface area contributed by atoms with E-state index in [1.54, 1.807) is 0 Å². The van der Waals surface area contributed by atoms with E-state index in [9.17, 15) is 14.7 Å². The second kappa shape index (κ2) is 11.6. The van der Waals surface area contributed by atoms with Gasteiger partial charge >= 0.3 is 0 Å². The quantitative estimate of drug-likeness (QED) is 0.384. The molecule has 5 nitrogen and oxygen atoms in total. The van der Waals surface area contributed by atoms with Gasteiger partial charge in [-0.2, -0.15) is 0 Å². The molecule has 1 atom stereocenters. The molecule has 36 heavy (non-hydrogen) atoms. The second-order valence-corrected chi connectivity index (χ2v) is 11.1. The summed E-state index contributed by atoms with van der Waals surface area (Å²) in [6.45, 7) is 18.2. The van der Waals surface area contributed by atoms with Crippen molar-refractivity contribution in [2.45, 2.75) is 92.6 Å². The van der Waals surface area contributed by atoms with Crippen molar-refractivity contribution in [3.8, 4) is 5.75 Å². The molecule has 0 fully saturated rings. The van der Waals surface area contributed by atoms with E-state index in [4.69, 9.17) is 4.74 Å². The molecule has 0 saturated heterocycles. The lowest BCUT2D eigenvalue weighted by molar-refractivity contribution is -0.116. The standard InChI is InChI=1S/C31H45NO4/c1-10-30(11-2,24-13-15-26(21(4)17-24)28(34)32-19-23(6)33)25-14-16-27(22(5)18-25)36-20-31(35,12-3)29(7,8)9/h13-18,35H,10-12,19-20H2,1-9H3,(H,32,34). The molecule has 0 radical (unpaired) electrons. The van der Waals surface area contributed by atoms with E-state index in [2.05, 4.69) is 37.4 Å². The van der Waals surface area contributed by atoms with Crippen molar-refractivity contribution in [3.63, 3.8) is 0 Å². The highest BCUT2D eigenvalue weighted by Crippen LogP contribution is 2.41. The Morgan fingerprint density at radius 2 is 1.44 bits per heavy atom. The van der Waals surface area contributed by atoms with Gasteiger partial charge in [-0.25, -0.2) is 0 Å². The summed E-state index contributed by atoms with van der Waals surface area (Å²) < 4.78 is 6.14. The van der Waals surface area contributed by atoms with Gasteiger partial charge in [0.15, 0.2) is 0 Å². The second-order valence-electron chi connectivity index (χ2n) is 11.1. The Morgan fingerprint density at radius 1 is 0.889 bits per heavy atom. The van der Waals surface area contributed by atoms with E-state index in [0.29, 0.717) is 12.0 Å². The zero-order valence-corrected chi connectivity index (χ0v) is 23.7. The number of aryl methyl sites for hydroxylation is 2. The molecular weight excluding hydrogens is 450 g/mol. The van der Waals surface area contributed by atoms with Crippen LogP contribution in [0.3, 0.4) is 0 Å². The van der Waals surface area contributed by atoms with Crippen molar-refractivity contribution in [1.82, 2.24) is 5.32 Å². The number of amides is 1. The fourth-order valence-corrected chi connectivity index (χ4v) is 4.90. The van der Waals surface area contributed by atoms with Crippen LogP contribution in [0.15, 0.2) is 36.4 Å². The van der Waals surface area contributed by atoms with Gasteiger partial charge < -0.3 is 15.2 Å². The van der Waals surface area contributed by atoms with Crippen LogP contribution >= 0.6 is 0 Å². The SMILES string of the molecule is CCC(CC)(c1ccc(OCC(O)(CC)C(C)(C)C)c(C)c1)c1ccc(C(=O)NCC(C)=O)c(C)c1. The highest BCUT2D eigenvalue weighted by atomic mass is 16.5. The average molecular weight is 496 g/mol. The normalized spacial score (nSPS) is 13.7. The number of aliphatic hydroxyl groups is 1. The maximum atomic E-state index is 12.5. The summed E-state index contributed by atoms with van der Waals surface area (Å²) in [5, 5.41) is 13.8. The fraction of sp³-hybridized carbons (Fsp3) is 0.548. The molecule has 1 unspecified atom stereocenters. The Morgan fingerprint density at radius 3 is 1.89 bits per heavy atom. The minimum atomic E-state index is -0.912. The number of hydrogen-bond donors (Lipinski definition) is 2. The number of ketones is 1. The van der Waals surface area contributed by atoms with Crippen LogP contribution in [-0.4, -0.2) is 35.5 Å². The fourth-order valence-electron chi connectivity index (χ4n) is 4.90. The van der Waals surface area contributed by atoms with Crippen LogP contribution in [0.25, 0.3) is 0 Å². The molecule has 1 amide bonds. The number of nitrogens with one attached hydrogen (secondary N) is 1. The molecule has 2 aromatic carbocycles. The smallest absolute Gasteiger partial charge is 0.251 e. The van der Waals surface area contributed by atoms with E-state index in [-0.39, 0.29) is 35.7 Å². The molecular formula is C31H45NO4. The average Bonchev–Trinajstić information content (AvgIpc) is 2.82. The Bertz CT molecular complexity index is 1080. The molecule has 0 aliphatic rings. The molecule has 2 aromatic rings. The number of carbonyl (C=O) groups excluding carboxylic acids is 2. The van der Waals surface area contributed by atoms with Gasteiger partial charge in [0.2, 0.25) is 0 Å². The topological polar surface area (TPSA) is 75.6 Å². The van der Waals surface area contributed by atoms with Gasteiger partial charge in [-0.15, -0.1) is 0 Å². The maximum Gasteiger partial charge on any atom is 0.251 e. The summed E-state index contributed by atoms with van der Waals surface area (Å²) in [5.74, 6) is 0.478. The van der Waals surface area contributed by atoms with E-state index in [0.717, 1.165) is 35.3 Å². The van der Waals surface area contributed by atoms with Crippen molar-refractivity contribution in [2.24, 2.45) is 5.41 Å². The molecule has 2 N–H and O–H groups in total. The van der Waals surface area contributed by atoms with Crippen molar-refractivity contribution >= 4 is 11.7 Å². The highest BCUT2D eigenvalue weighted by molar-refractivity contribution is 5.97. The summed E-state index contributed by atoms with van der Waals surface area (Å²) in [6, 6.07) is 12.3. The Hall–Kier alpha value is -2.66. The number of rotatable bonds is 11. The van der Waals surface area contributed by atoms with Crippen LogP contribution in [-0.2, 0) is 10.2 Å².